The molecule has 10 nitrogen and oxygen atoms in total. The minimum Gasteiger partial charge on any atom is -0.465 e. The first-order valence-corrected chi connectivity index (χ1v) is 15.7. The molecular weight excluding hydrogens is 554 g/mol. The first kappa shape index (κ1) is 28.9. The van der Waals surface area contributed by atoms with Gasteiger partial charge >= 0.3 is 5.97 Å². The molecule has 11 heteroatoms. The minimum absolute atomic E-state index is 0.157. The van der Waals surface area contributed by atoms with Crippen LogP contribution in [0.2, 0.25) is 0 Å². The van der Waals surface area contributed by atoms with E-state index in [0.717, 1.165) is 30.3 Å². The minimum atomic E-state index is -1.01. The molecule has 2 aromatic rings. The number of likely N-dealkylation sites (tertiary alicyclic amines) is 1. The van der Waals surface area contributed by atoms with E-state index in [1.807, 2.05) is 57.2 Å². The number of carbonyl (C=O) groups excluding carboxylic acids is 3. The number of hydrogen-bond donors (Lipinski definition) is 1. The van der Waals surface area contributed by atoms with E-state index in [0.29, 0.717) is 19.6 Å². The molecule has 0 bridgehead atoms. The SMILES string of the molecule is CC(C)C[C@H](CO)N1C(=O)[C@@H]2[C@@H]3C(=O)OCCCC/C=C\[C@]3(C)S[C@@]23C=CCN(Cn2nnc4ccccc42)C(=O)C13. The molecule has 0 radical (unpaired) electrons. The maximum Gasteiger partial charge on any atom is 0.311 e. The number of benzene rings is 1. The summed E-state index contributed by atoms with van der Waals surface area (Å²) in [5.74, 6) is -2.28. The lowest BCUT2D eigenvalue weighted by Gasteiger charge is -2.40. The fourth-order valence-electron chi connectivity index (χ4n) is 7.31. The summed E-state index contributed by atoms with van der Waals surface area (Å²) >= 11 is 1.52. The van der Waals surface area contributed by atoms with Crippen LogP contribution < -0.4 is 0 Å². The number of carbonyl (C=O) groups is 3. The van der Waals surface area contributed by atoms with Gasteiger partial charge in [-0.15, -0.1) is 16.9 Å². The second-order valence-corrected chi connectivity index (χ2v) is 14.2. The highest BCUT2D eigenvalue weighted by Gasteiger charge is 2.74. The number of allylic oxidation sites excluding steroid dienone is 1. The van der Waals surface area contributed by atoms with Crippen molar-refractivity contribution in [3.8, 4) is 0 Å². The molecule has 2 fully saturated rings. The maximum atomic E-state index is 14.7. The number of amides is 2. The molecule has 2 saturated heterocycles. The first-order chi connectivity index (χ1) is 20.2. The monoisotopic (exact) mass is 593 g/mol. The van der Waals surface area contributed by atoms with Gasteiger partial charge in [0.25, 0.3) is 0 Å². The number of nitrogens with zero attached hydrogens (tertiary/aromatic N) is 5. The molecule has 6 rings (SSSR count). The van der Waals surface area contributed by atoms with Gasteiger partial charge in [-0.2, -0.15) is 0 Å². The molecule has 1 spiro atoms. The highest BCUT2D eigenvalue weighted by molar-refractivity contribution is 8.02. The summed E-state index contributed by atoms with van der Waals surface area (Å²) in [5, 5.41) is 19.1. The number of rotatable bonds is 6. The van der Waals surface area contributed by atoms with Gasteiger partial charge in [-0.1, -0.05) is 55.5 Å². The Bertz CT molecular complexity index is 1440. The molecule has 6 atom stereocenters. The molecule has 1 N–H and O–H groups in total. The number of hydrogen-bond acceptors (Lipinski definition) is 8. The zero-order chi connectivity index (χ0) is 29.6. The second kappa shape index (κ2) is 11.1. The van der Waals surface area contributed by atoms with Crippen LogP contribution in [0.25, 0.3) is 11.0 Å². The van der Waals surface area contributed by atoms with Crippen molar-refractivity contribution in [1.29, 1.82) is 0 Å². The predicted molar refractivity (Wildman–Crippen MR) is 159 cm³/mol. The molecule has 0 aliphatic carbocycles. The Hall–Kier alpha value is -3.18. The van der Waals surface area contributed by atoms with E-state index in [2.05, 4.69) is 22.5 Å². The number of aliphatic hydroxyl groups is 1. The Labute approximate surface area is 250 Å². The fraction of sp³-hybridized carbons (Fsp3) is 0.581. The number of fused-ring (bicyclic) bond motifs is 3. The van der Waals surface area contributed by atoms with E-state index < -0.39 is 39.4 Å². The molecule has 1 aromatic heterocycles. The normalized spacial score (nSPS) is 32.9. The van der Waals surface area contributed by atoms with Crippen LogP contribution in [0.1, 0.15) is 46.5 Å². The Balaban J connectivity index is 1.46. The summed E-state index contributed by atoms with van der Waals surface area (Å²) in [6.45, 7) is 6.57. The standard InChI is InChI=1S/C31H39N5O5S/c1-20(2)17-21(18-37)36-26-28(39)34(19-35-23-12-7-6-11-22(23)32-33-35)15-10-14-31(26)24(27(36)38)25-29(40)41-16-9-5-4-8-13-30(25,3)42-31/h6-8,10-14,20-21,24-26,37H,4-5,9,15-19H2,1-3H3/b13-8-/t21-,24+,25-,26?,30+,31+/m1/s1. The maximum absolute atomic E-state index is 14.7. The van der Waals surface area contributed by atoms with Crippen molar-refractivity contribution < 1.29 is 24.2 Å². The van der Waals surface area contributed by atoms with Crippen LogP contribution >= 0.6 is 11.8 Å². The second-order valence-electron chi connectivity index (χ2n) is 12.5. The quantitative estimate of drug-likeness (QED) is 0.401. The molecule has 4 aliphatic heterocycles. The largest absolute Gasteiger partial charge is 0.465 e. The molecule has 2 amide bonds. The number of ether oxygens (including phenoxy) is 1. The van der Waals surface area contributed by atoms with E-state index >= 15 is 0 Å². The van der Waals surface area contributed by atoms with Crippen molar-refractivity contribution in [3.05, 3.63) is 48.6 Å². The van der Waals surface area contributed by atoms with Gasteiger partial charge in [-0.05, 0) is 50.7 Å². The third-order valence-corrected chi connectivity index (χ3v) is 10.9. The summed E-state index contributed by atoms with van der Waals surface area (Å²) in [6, 6.07) is 6.11. The highest BCUT2D eigenvalue weighted by atomic mass is 32.2. The topological polar surface area (TPSA) is 118 Å². The van der Waals surface area contributed by atoms with Gasteiger partial charge in [-0.25, -0.2) is 4.68 Å². The number of aliphatic hydroxyl groups excluding tert-OH is 1. The van der Waals surface area contributed by atoms with Gasteiger partial charge in [0.2, 0.25) is 11.8 Å². The molecule has 0 saturated carbocycles. The fourth-order valence-corrected chi connectivity index (χ4v) is 9.45. The molecule has 224 valence electrons. The van der Waals surface area contributed by atoms with Crippen LogP contribution in [0, 0.1) is 17.8 Å². The molecule has 42 heavy (non-hydrogen) atoms. The Morgan fingerprint density at radius 3 is 2.69 bits per heavy atom. The van der Waals surface area contributed by atoms with Gasteiger partial charge < -0.3 is 19.6 Å². The van der Waals surface area contributed by atoms with Crippen LogP contribution in [0.4, 0.5) is 0 Å². The van der Waals surface area contributed by atoms with Crippen LogP contribution in [-0.4, -0.2) is 89.0 Å². The average molecular weight is 594 g/mol. The summed E-state index contributed by atoms with van der Waals surface area (Å²) in [5.41, 5.74) is 1.54. The van der Waals surface area contributed by atoms with Crippen LogP contribution in [-0.2, 0) is 25.8 Å². The van der Waals surface area contributed by atoms with Crippen LogP contribution in [0.15, 0.2) is 48.6 Å². The van der Waals surface area contributed by atoms with Crippen molar-refractivity contribution in [2.45, 2.75) is 74.7 Å². The predicted octanol–water partition coefficient (Wildman–Crippen LogP) is 3.17. The zero-order valence-electron chi connectivity index (χ0n) is 24.4. The summed E-state index contributed by atoms with van der Waals surface area (Å²) in [6.07, 6.45) is 11.2. The third-order valence-electron chi connectivity index (χ3n) is 9.09. The van der Waals surface area contributed by atoms with Gasteiger partial charge in [0.05, 0.1) is 41.4 Å². The van der Waals surface area contributed by atoms with E-state index in [1.165, 1.54) is 11.8 Å². The van der Waals surface area contributed by atoms with Crippen LogP contribution in [0.3, 0.4) is 0 Å². The van der Waals surface area contributed by atoms with Crippen LogP contribution in [0.5, 0.6) is 0 Å². The van der Waals surface area contributed by atoms with E-state index in [9.17, 15) is 19.5 Å². The van der Waals surface area contributed by atoms with Crippen molar-refractivity contribution in [1.82, 2.24) is 24.8 Å². The van der Waals surface area contributed by atoms with E-state index in [1.54, 1.807) is 14.5 Å². The molecule has 1 unspecified atom stereocenters. The lowest BCUT2D eigenvalue weighted by atomic mass is 9.74. The van der Waals surface area contributed by atoms with E-state index in [-0.39, 0.29) is 31.0 Å². The smallest absolute Gasteiger partial charge is 0.311 e. The lowest BCUT2D eigenvalue weighted by Crippen LogP contribution is -2.57. The molecule has 4 aliphatic rings. The van der Waals surface area contributed by atoms with Gasteiger partial charge in [0.15, 0.2) is 0 Å². The number of esters is 1. The Morgan fingerprint density at radius 1 is 1.10 bits per heavy atom. The van der Waals surface area contributed by atoms with Gasteiger partial charge in [-0.3, -0.25) is 14.4 Å². The number of aromatic nitrogens is 3. The lowest BCUT2D eigenvalue weighted by molar-refractivity contribution is -0.155. The first-order valence-electron chi connectivity index (χ1n) is 14.9. The average Bonchev–Trinajstić information content (AvgIpc) is 3.52. The van der Waals surface area contributed by atoms with Crippen molar-refractivity contribution in [2.24, 2.45) is 17.8 Å². The van der Waals surface area contributed by atoms with Crippen molar-refractivity contribution >= 4 is 40.6 Å². The van der Waals surface area contributed by atoms with Crippen molar-refractivity contribution in [3.63, 3.8) is 0 Å². The number of cyclic esters (lactones) is 1. The molecule has 5 heterocycles. The summed E-state index contributed by atoms with van der Waals surface area (Å²) in [7, 11) is 0. The molecular formula is C31H39N5O5S. The van der Waals surface area contributed by atoms with Gasteiger partial charge in [0, 0.05) is 11.3 Å². The zero-order valence-corrected chi connectivity index (χ0v) is 25.2. The number of thioether (sulfide) groups is 1. The highest BCUT2D eigenvalue weighted by Crippen LogP contribution is 2.65. The summed E-state index contributed by atoms with van der Waals surface area (Å²) < 4.78 is 5.71. The Kier molecular flexibility index (Phi) is 7.67. The van der Waals surface area contributed by atoms with Crippen molar-refractivity contribution in [2.75, 3.05) is 19.8 Å². The number of para-hydroxylation sites is 1. The van der Waals surface area contributed by atoms with E-state index in [4.69, 9.17) is 4.74 Å². The third kappa shape index (κ3) is 4.65. The Morgan fingerprint density at radius 2 is 1.90 bits per heavy atom. The molecule has 1 aromatic carbocycles. The summed E-state index contributed by atoms with van der Waals surface area (Å²) in [4.78, 5) is 46.4. The van der Waals surface area contributed by atoms with Gasteiger partial charge in [0.1, 0.15) is 18.2 Å².